The lowest BCUT2D eigenvalue weighted by Gasteiger charge is -2.10. The van der Waals surface area contributed by atoms with Crippen LogP contribution in [0.3, 0.4) is 0 Å². The minimum Gasteiger partial charge on any atom is -0.381 e. The number of halogens is 1. The van der Waals surface area contributed by atoms with Gasteiger partial charge in [-0.15, -0.1) is 0 Å². The summed E-state index contributed by atoms with van der Waals surface area (Å²) < 4.78 is 27.3. The van der Waals surface area contributed by atoms with Gasteiger partial charge in [0.1, 0.15) is 0 Å². The van der Waals surface area contributed by atoms with E-state index in [1.54, 1.807) is 36.7 Å². The fourth-order valence-electron chi connectivity index (χ4n) is 2.21. The first-order valence-electron chi connectivity index (χ1n) is 7.54. The highest BCUT2D eigenvalue weighted by Crippen LogP contribution is 2.20. The van der Waals surface area contributed by atoms with Crippen molar-refractivity contribution in [1.82, 2.24) is 4.98 Å². The minimum atomic E-state index is -3.67. The molecule has 0 fully saturated rings. The van der Waals surface area contributed by atoms with Crippen molar-refractivity contribution in [3.8, 4) is 0 Å². The smallest absolute Gasteiger partial charge is 0.261 e. The number of sulfonamides is 1. The second-order valence-corrected chi connectivity index (χ2v) is 7.47. The summed E-state index contributed by atoms with van der Waals surface area (Å²) >= 11 is 5.86. The molecule has 3 aromatic rings. The molecule has 128 valence electrons. The van der Waals surface area contributed by atoms with Crippen LogP contribution in [-0.4, -0.2) is 13.4 Å². The molecular formula is C18H16ClN3O2S. The number of hydrogen-bond acceptors (Lipinski definition) is 4. The summed E-state index contributed by atoms with van der Waals surface area (Å²) in [6.07, 6.45) is 3.52. The molecule has 5 nitrogen and oxygen atoms in total. The molecule has 0 aliphatic rings. The Balaban J connectivity index is 1.66. The minimum absolute atomic E-state index is 0.124. The van der Waals surface area contributed by atoms with Gasteiger partial charge >= 0.3 is 0 Å². The Labute approximate surface area is 151 Å². The van der Waals surface area contributed by atoms with Gasteiger partial charge in [0.15, 0.2) is 0 Å². The maximum atomic E-state index is 12.4. The van der Waals surface area contributed by atoms with Crippen molar-refractivity contribution in [3.63, 3.8) is 0 Å². The summed E-state index contributed by atoms with van der Waals surface area (Å²) in [6.45, 7) is 0.640. The number of benzene rings is 2. The Bertz CT molecular complexity index is 946. The molecule has 0 saturated carbocycles. The van der Waals surface area contributed by atoms with Crippen molar-refractivity contribution in [3.05, 3.63) is 83.6 Å². The van der Waals surface area contributed by atoms with E-state index in [0.29, 0.717) is 17.3 Å². The summed E-state index contributed by atoms with van der Waals surface area (Å²) in [6, 6.07) is 17.0. The third-order valence-electron chi connectivity index (χ3n) is 3.46. The Hall–Kier alpha value is -2.57. The normalized spacial score (nSPS) is 11.1. The van der Waals surface area contributed by atoms with E-state index < -0.39 is 10.0 Å². The lowest BCUT2D eigenvalue weighted by Crippen LogP contribution is -2.12. The first-order valence-corrected chi connectivity index (χ1v) is 9.40. The Morgan fingerprint density at radius 2 is 1.72 bits per heavy atom. The molecule has 0 spiro atoms. The highest BCUT2D eigenvalue weighted by Gasteiger charge is 2.14. The number of nitrogens with one attached hydrogen (secondary N) is 2. The zero-order valence-electron chi connectivity index (χ0n) is 13.2. The van der Waals surface area contributed by atoms with Crippen LogP contribution in [0.25, 0.3) is 0 Å². The van der Waals surface area contributed by atoms with E-state index in [-0.39, 0.29) is 4.90 Å². The molecular weight excluding hydrogens is 358 g/mol. The van der Waals surface area contributed by atoms with Gasteiger partial charge in [0, 0.05) is 35.3 Å². The van der Waals surface area contributed by atoms with Gasteiger partial charge in [0.25, 0.3) is 10.0 Å². The summed E-state index contributed by atoms with van der Waals surface area (Å²) in [7, 11) is -3.67. The van der Waals surface area contributed by atoms with E-state index >= 15 is 0 Å². The van der Waals surface area contributed by atoms with Crippen molar-refractivity contribution >= 4 is 33.0 Å². The van der Waals surface area contributed by atoms with E-state index in [9.17, 15) is 8.42 Å². The largest absolute Gasteiger partial charge is 0.381 e. The molecule has 0 radical (unpaired) electrons. The molecule has 25 heavy (non-hydrogen) atoms. The maximum absolute atomic E-state index is 12.4. The van der Waals surface area contributed by atoms with Gasteiger partial charge in [-0.1, -0.05) is 23.7 Å². The van der Waals surface area contributed by atoms with Crippen molar-refractivity contribution in [2.24, 2.45) is 0 Å². The molecule has 7 heteroatoms. The first kappa shape index (κ1) is 17.3. The third-order valence-corrected chi connectivity index (χ3v) is 5.08. The Kier molecular flexibility index (Phi) is 5.21. The van der Waals surface area contributed by atoms with Crippen LogP contribution in [0.2, 0.25) is 5.02 Å². The van der Waals surface area contributed by atoms with Crippen LogP contribution >= 0.6 is 11.6 Å². The third kappa shape index (κ3) is 4.71. The predicted molar refractivity (Wildman–Crippen MR) is 100 cm³/mol. The molecule has 1 aromatic heterocycles. The average Bonchev–Trinajstić information content (AvgIpc) is 2.62. The molecule has 3 rings (SSSR count). The Morgan fingerprint density at radius 3 is 2.40 bits per heavy atom. The number of hydrogen-bond donors (Lipinski definition) is 2. The van der Waals surface area contributed by atoms with Crippen LogP contribution in [0.5, 0.6) is 0 Å². The number of rotatable bonds is 6. The first-order chi connectivity index (χ1) is 12.0. The molecule has 0 aliphatic carbocycles. The van der Waals surface area contributed by atoms with E-state index in [1.807, 2.05) is 24.3 Å². The molecule has 0 aliphatic heterocycles. The van der Waals surface area contributed by atoms with Gasteiger partial charge < -0.3 is 5.32 Å². The van der Waals surface area contributed by atoms with Crippen molar-refractivity contribution in [1.29, 1.82) is 0 Å². The van der Waals surface area contributed by atoms with Gasteiger partial charge in [-0.2, -0.15) is 0 Å². The Morgan fingerprint density at radius 1 is 0.960 bits per heavy atom. The monoisotopic (exact) mass is 373 g/mol. The van der Waals surface area contributed by atoms with Crippen LogP contribution in [0.1, 0.15) is 5.56 Å². The number of nitrogens with zero attached hydrogens (tertiary/aromatic N) is 1. The quantitative estimate of drug-likeness (QED) is 0.681. The summed E-state index contributed by atoms with van der Waals surface area (Å²) in [4.78, 5) is 4.18. The highest BCUT2D eigenvalue weighted by atomic mass is 35.5. The van der Waals surface area contributed by atoms with Crippen molar-refractivity contribution < 1.29 is 8.42 Å². The molecule has 1 heterocycles. The molecule has 0 unspecified atom stereocenters. The molecule has 2 N–H and O–H groups in total. The summed E-state index contributed by atoms with van der Waals surface area (Å²) in [5.74, 6) is 0. The van der Waals surface area contributed by atoms with Gasteiger partial charge in [-0.3, -0.25) is 9.71 Å². The molecule has 0 atom stereocenters. The van der Waals surface area contributed by atoms with Crippen LogP contribution < -0.4 is 10.0 Å². The van der Waals surface area contributed by atoms with E-state index in [4.69, 9.17) is 11.6 Å². The second kappa shape index (κ2) is 7.55. The van der Waals surface area contributed by atoms with Crippen LogP contribution in [0.4, 0.5) is 11.4 Å². The second-order valence-electron chi connectivity index (χ2n) is 5.36. The topological polar surface area (TPSA) is 71.1 Å². The molecule has 0 amide bonds. The van der Waals surface area contributed by atoms with Gasteiger partial charge in [-0.05, 0) is 54.1 Å². The van der Waals surface area contributed by atoms with Crippen LogP contribution in [0, 0.1) is 0 Å². The number of anilines is 2. The van der Waals surface area contributed by atoms with Gasteiger partial charge in [0.2, 0.25) is 0 Å². The average molecular weight is 374 g/mol. The molecule has 0 saturated heterocycles. The van der Waals surface area contributed by atoms with Crippen LogP contribution in [0.15, 0.2) is 78.0 Å². The van der Waals surface area contributed by atoms with Crippen molar-refractivity contribution in [2.45, 2.75) is 11.4 Å². The fourth-order valence-corrected chi connectivity index (χ4v) is 3.57. The SMILES string of the molecule is O=S(=O)(Nc1ccc(NCc2cccnc2)cc1)c1cccc(Cl)c1. The van der Waals surface area contributed by atoms with Crippen molar-refractivity contribution in [2.75, 3.05) is 10.0 Å². The zero-order chi connectivity index (χ0) is 17.7. The lowest BCUT2D eigenvalue weighted by molar-refractivity contribution is 0.601. The fraction of sp³-hybridized carbons (Fsp3) is 0.0556. The number of aromatic nitrogens is 1. The molecule has 2 aromatic carbocycles. The van der Waals surface area contributed by atoms with Gasteiger partial charge in [-0.25, -0.2) is 8.42 Å². The number of pyridine rings is 1. The maximum Gasteiger partial charge on any atom is 0.261 e. The summed E-state index contributed by atoms with van der Waals surface area (Å²) in [5, 5.41) is 3.63. The standard InChI is InChI=1S/C18H16ClN3O2S/c19-15-4-1-5-18(11-15)25(23,24)22-17-8-6-16(7-9-17)21-13-14-3-2-10-20-12-14/h1-12,21-22H,13H2. The lowest BCUT2D eigenvalue weighted by atomic mass is 10.2. The van der Waals surface area contributed by atoms with Gasteiger partial charge in [0.05, 0.1) is 4.90 Å². The predicted octanol–water partition coefficient (Wildman–Crippen LogP) is 4.15. The van der Waals surface area contributed by atoms with E-state index in [0.717, 1.165) is 11.3 Å². The zero-order valence-corrected chi connectivity index (χ0v) is 14.8. The molecule has 0 bridgehead atoms. The van der Waals surface area contributed by atoms with Crippen LogP contribution in [-0.2, 0) is 16.6 Å². The summed E-state index contributed by atoms with van der Waals surface area (Å²) in [5.41, 5.74) is 2.43. The highest BCUT2D eigenvalue weighted by molar-refractivity contribution is 7.92. The van der Waals surface area contributed by atoms with E-state index in [1.165, 1.54) is 12.1 Å². The van der Waals surface area contributed by atoms with E-state index in [2.05, 4.69) is 15.0 Å².